The molecule has 0 aliphatic heterocycles. The molecule has 0 aliphatic carbocycles. The Balaban J connectivity index is 2.36. The maximum Gasteiger partial charge on any atom is 0.387 e. The van der Waals surface area contributed by atoms with Gasteiger partial charge in [0.25, 0.3) is 0 Å². The highest BCUT2D eigenvalue weighted by atomic mass is 79.9. The minimum atomic E-state index is -2.87. The van der Waals surface area contributed by atoms with Gasteiger partial charge in [-0.3, -0.25) is 0 Å². The van der Waals surface area contributed by atoms with Crippen LogP contribution < -0.4 is 10.5 Å². The van der Waals surface area contributed by atoms with E-state index < -0.39 is 6.61 Å². The van der Waals surface area contributed by atoms with Gasteiger partial charge in [0.2, 0.25) is 0 Å². The largest absolute Gasteiger partial charge is 0.435 e. The summed E-state index contributed by atoms with van der Waals surface area (Å²) in [5.41, 5.74) is 6.03. The lowest BCUT2D eigenvalue weighted by molar-refractivity contribution is -0.0498. The molecule has 0 bridgehead atoms. The Morgan fingerprint density at radius 1 is 1.41 bits per heavy atom. The fraction of sp³-hybridized carbons (Fsp3) is 0.100. The van der Waals surface area contributed by atoms with Crippen molar-refractivity contribution in [2.45, 2.75) is 6.61 Å². The van der Waals surface area contributed by atoms with Crippen molar-refractivity contribution in [1.29, 1.82) is 0 Å². The average Bonchev–Trinajstić information content (AvgIpc) is 2.59. The zero-order valence-electron chi connectivity index (χ0n) is 8.36. The number of halogens is 3. The third-order valence-corrected chi connectivity index (χ3v) is 2.75. The Bertz CT molecular complexity index is 531. The standard InChI is InChI=1S/C10H7BrF2N2O2/c11-7-8(17-15-9(7)14)5-2-1-3-6(4-5)16-10(12)13/h1-4,10H,(H2,14,15). The van der Waals surface area contributed by atoms with Gasteiger partial charge in [-0.1, -0.05) is 17.3 Å². The zero-order valence-corrected chi connectivity index (χ0v) is 9.95. The van der Waals surface area contributed by atoms with E-state index >= 15 is 0 Å². The number of aromatic nitrogens is 1. The van der Waals surface area contributed by atoms with Crippen LogP contribution in [-0.4, -0.2) is 11.8 Å². The van der Waals surface area contributed by atoms with Gasteiger partial charge in [0, 0.05) is 5.56 Å². The molecule has 1 aromatic heterocycles. The molecule has 7 heteroatoms. The highest BCUT2D eigenvalue weighted by Crippen LogP contribution is 2.34. The topological polar surface area (TPSA) is 61.3 Å². The fourth-order valence-corrected chi connectivity index (χ4v) is 1.66. The van der Waals surface area contributed by atoms with Gasteiger partial charge in [0.05, 0.1) is 0 Å². The molecule has 17 heavy (non-hydrogen) atoms. The number of nitrogen functional groups attached to an aromatic ring is 1. The predicted molar refractivity (Wildman–Crippen MR) is 60.7 cm³/mol. The highest BCUT2D eigenvalue weighted by Gasteiger charge is 2.14. The molecule has 2 aromatic rings. The average molecular weight is 305 g/mol. The first kappa shape index (κ1) is 11.8. The predicted octanol–water partition coefficient (Wildman–Crippen LogP) is 3.29. The van der Waals surface area contributed by atoms with Crippen LogP contribution in [0.5, 0.6) is 5.75 Å². The summed E-state index contributed by atoms with van der Waals surface area (Å²) in [6.45, 7) is -2.87. The van der Waals surface area contributed by atoms with Crippen molar-refractivity contribution in [3.63, 3.8) is 0 Å². The molecule has 0 amide bonds. The van der Waals surface area contributed by atoms with Crippen molar-refractivity contribution < 1.29 is 18.0 Å². The lowest BCUT2D eigenvalue weighted by Gasteiger charge is -2.05. The monoisotopic (exact) mass is 304 g/mol. The molecule has 0 aliphatic rings. The van der Waals surface area contributed by atoms with Crippen molar-refractivity contribution in [1.82, 2.24) is 5.16 Å². The second kappa shape index (κ2) is 4.70. The summed E-state index contributed by atoms with van der Waals surface area (Å²) in [7, 11) is 0. The molecule has 0 radical (unpaired) electrons. The van der Waals surface area contributed by atoms with Gasteiger partial charge in [0.15, 0.2) is 11.6 Å². The maximum absolute atomic E-state index is 12.1. The van der Waals surface area contributed by atoms with Gasteiger partial charge in [0.1, 0.15) is 10.2 Å². The lowest BCUT2D eigenvalue weighted by Crippen LogP contribution is -2.01. The third-order valence-electron chi connectivity index (χ3n) is 1.98. The summed E-state index contributed by atoms with van der Waals surface area (Å²) in [5.74, 6) is 0.599. The number of anilines is 1. The summed E-state index contributed by atoms with van der Waals surface area (Å²) in [6, 6.07) is 6.07. The quantitative estimate of drug-likeness (QED) is 0.945. The van der Waals surface area contributed by atoms with Crippen LogP contribution in [0.3, 0.4) is 0 Å². The molecule has 0 saturated heterocycles. The molecule has 4 nitrogen and oxygen atoms in total. The van der Waals surface area contributed by atoms with E-state index in [1.165, 1.54) is 12.1 Å². The first-order valence-corrected chi connectivity index (χ1v) is 5.33. The Kier molecular flexibility index (Phi) is 3.28. The van der Waals surface area contributed by atoms with Crippen LogP contribution in [0.25, 0.3) is 11.3 Å². The van der Waals surface area contributed by atoms with E-state index in [0.717, 1.165) is 0 Å². The van der Waals surface area contributed by atoms with Crippen molar-refractivity contribution in [3.8, 4) is 17.1 Å². The Morgan fingerprint density at radius 2 is 2.18 bits per heavy atom. The number of hydrogen-bond acceptors (Lipinski definition) is 4. The zero-order chi connectivity index (χ0) is 12.4. The molecule has 0 atom stereocenters. The van der Waals surface area contributed by atoms with E-state index in [1.807, 2.05) is 0 Å². The van der Waals surface area contributed by atoms with Crippen molar-refractivity contribution in [3.05, 3.63) is 28.7 Å². The van der Waals surface area contributed by atoms with Crippen LogP contribution >= 0.6 is 15.9 Å². The number of alkyl halides is 2. The van der Waals surface area contributed by atoms with Crippen LogP contribution in [0.4, 0.5) is 14.6 Å². The number of benzene rings is 1. The molecule has 90 valence electrons. The van der Waals surface area contributed by atoms with Crippen LogP contribution in [0.15, 0.2) is 33.3 Å². The minimum Gasteiger partial charge on any atom is -0.435 e. The second-order valence-electron chi connectivity index (χ2n) is 3.12. The van der Waals surface area contributed by atoms with Crippen LogP contribution in [-0.2, 0) is 0 Å². The Labute approximate surface area is 103 Å². The summed E-state index contributed by atoms with van der Waals surface area (Å²) in [4.78, 5) is 0. The molecule has 1 aromatic carbocycles. The number of hydrogen-bond donors (Lipinski definition) is 1. The van der Waals surface area contributed by atoms with Crippen molar-refractivity contribution in [2.24, 2.45) is 0 Å². The van der Waals surface area contributed by atoms with E-state index in [4.69, 9.17) is 10.3 Å². The maximum atomic E-state index is 12.1. The van der Waals surface area contributed by atoms with Crippen LogP contribution in [0.2, 0.25) is 0 Å². The number of rotatable bonds is 3. The van der Waals surface area contributed by atoms with Gasteiger partial charge in [-0.2, -0.15) is 8.78 Å². The normalized spacial score (nSPS) is 10.8. The summed E-state index contributed by atoms with van der Waals surface area (Å²) in [6.07, 6.45) is 0. The molecular formula is C10H7BrF2N2O2. The molecule has 0 fully saturated rings. The summed E-state index contributed by atoms with van der Waals surface area (Å²) < 4.78 is 33.8. The molecule has 0 spiro atoms. The SMILES string of the molecule is Nc1noc(-c2cccc(OC(F)F)c2)c1Br. The van der Waals surface area contributed by atoms with E-state index in [2.05, 4.69) is 25.8 Å². The first-order chi connectivity index (χ1) is 8.08. The van der Waals surface area contributed by atoms with Crippen molar-refractivity contribution >= 4 is 21.7 Å². The number of ether oxygens (including phenoxy) is 1. The fourth-order valence-electron chi connectivity index (χ4n) is 1.28. The number of nitrogens with two attached hydrogens (primary N) is 1. The van der Waals surface area contributed by atoms with Gasteiger partial charge in [-0.05, 0) is 28.1 Å². The van der Waals surface area contributed by atoms with Crippen molar-refractivity contribution in [2.75, 3.05) is 5.73 Å². The van der Waals surface area contributed by atoms with E-state index in [9.17, 15) is 8.78 Å². The summed E-state index contributed by atoms with van der Waals surface area (Å²) in [5, 5.41) is 3.55. The minimum absolute atomic E-state index is 0.0411. The molecule has 0 unspecified atom stereocenters. The molecule has 2 N–H and O–H groups in total. The molecular weight excluding hydrogens is 298 g/mol. The molecule has 2 rings (SSSR count). The molecule has 0 saturated carbocycles. The number of nitrogens with zero attached hydrogens (tertiary/aromatic N) is 1. The molecule has 1 heterocycles. The van der Waals surface area contributed by atoms with Gasteiger partial charge in [-0.15, -0.1) is 0 Å². The van der Waals surface area contributed by atoms with E-state index in [1.54, 1.807) is 12.1 Å². The van der Waals surface area contributed by atoms with E-state index in [-0.39, 0.29) is 11.6 Å². The van der Waals surface area contributed by atoms with Crippen LogP contribution in [0.1, 0.15) is 0 Å². The lowest BCUT2D eigenvalue weighted by atomic mass is 10.1. The smallest absolute Gasteiger partial charge is 0.387 e. The van der Waals surface area contributed by atoms with Gasteiger partial charge in [-0.25, -0.2) is 0 Å². The van der Waals surface area contributed by atoms with Gasteiger partial charge < -0.3 is 15.0 Å². The second-order valence-corrected chi connectivity index (χ2v) is 3.91. The Morgan fingerprint density at radius 3 is 2.76 bits per heavy atom. The van der Waals surface area contributed by atoms with E-state index in [0.29, 0.717) is 15.8 Å². The third kappa shape index (κ3) is 2.55. The van der Waals surface area contributed by atoms with Crippen LogP contribution in [0, 0.1) is 0 Å². The Hall–Kier alpha value is -1.63. The van der Waals surface area contributed by atoms with Gasteiger partial charge >= 0.3 is 6.61 Å². The first-order valence-electron chi connectivity index (χ1n) is 4.54. The summed E-state index contributed by atoms with van der Waals surface area (Å²) >= 11 is 3.19. The highest BCUT2D eigenvalue weighted by molar-refractivity contribution is 9.10.